The Balaban J connectivity index is 3.10. The molecular weight excluding hydrogens is 116 g/mol. The lowest BCUT2D eigenvalue weighted by Gasteiger charge is -1.98. The van der Waals surface area contributed by atoms with Crippen LogP contribution in [0.3, 0.4) is 0 Å². The van der Waals surface area contributed by atoms with Crippen LogP contribution in [0.25, 0.3) is 0 Å². The van der Waals surface area contributed by atoms with Gasteiger partial charge in [-0.05, 0) is 13.3 Å². The van der Waals surface area contributed by atoms with Crippen LogP contribution in [0.2, 0.25) is 0 Å². The van der Waals surface area contributed by atoms with Gasteiger partial charge in [0, 0.05) is 6.54 Å². The van der Waals surface area contributed by atoms with Crippen molar-refractivity contribution in [2.75, 3.05) is 6.54 Å². The third-order valence-corrected chi connectivity index (χ3v) is 0.851. The summed E-state index contributed by atoms with van der Waals surface area (Å²) in [7, 11) is 0. The van der Waals surface area contributed by atoms with Crippen molar-refractivity contribution in [2.24, 2.45) is 5.73 Å². The number of carbonyl (C=O) groups excluding carboxylic acids is 1. The van der Waals surface area contributed by atoms with Crippen LogP contribution in [0.1, 0.15) is 13.3 Å². The first kappa shape index (κ1) is 8.01. The second-order valence-electron chi connectivity index (χ2n) is 2.00. The summed E-state index contributed by atoms with van der Waals surface area (Å²) in [5.74, 6) is 0. The zero-order chi connectivity index (χ0) is 7.28. The summed E-state index contributed by atoms with van der Waals surface area (Å²) in [4.78, 5) is 10.1. The molecule has 0 saturated heterocycles. The normalized spacial score (nSPS) is 8.56. The lowest BCUT2D eigenvalue weighted by molar-refractivity contribution is 0.249. The second kappa shape index (κ2) is 3.95. The molecule has 0 fully saturated rings. The van der Waals surface area contributed by atoms with Gasteiger partial charge in [-0.15, -0.1) is 6.58 Å². The largest absolute Gasteiger partial charge is 0.352 e. The minimum absolute atomic E-state index is 0.476. The Hall–Kier alpha value is -0.990. The summed E-state index contributed by atoms with van der Waals surface area (Å²) in [5.41, 5.74) is 5.84. The molecule has 0 unspecified atom stereocenters. The maximum atomic E-state index is 10.1. The van der Waals surface area contributed by atoms with Crippen molar-refractivity contribution < 1.29 is 4.79 Å². The Bertz CT molecular complexity index is 106. The fourth-order valence-corrected chi connectivity index (χ4v) is 0.399. The molecular formula is C6H12N2O. The molecule has 0 spiro atoms. The highest BCUT2D eigenvalue weighted by atomic mass is 16.2. The highest BCUT2D eigenvalue weighted by Gasteiger charge is 1.89. The van der Waals surface area contributed by atoms with Crippen molar-refractivity contribution in [1.29, 1.82) is 0 Å². The zero-order valence-corrected chi connectivity index (χ0v) is 5.61. The van der Waals surface area contributed by atoms with E-state index < -0.39 is 6.03 Å². The van der Waals surface area contributed by atoms with Crippen LogP contribution in [0, 0.1) is 0 Å². The van der Waals surface area contributed by atoms with Crippen LogP contribution in [-0.2, 0) is 0 Å². The summed E-state index contributed by atoms with van der Waals surface area (Å²) in [6.45, 7) is 6.15. The molecule has 3 heteroatoms. The maximum Gasteiger partial charge on any atom is 0.312 e. The Morgan fingerprint density at radius 3 is 2.67 bits per heavy atom. The van der Waals surface area contributed by atoms with E-state index in [4.69, 9.17) is 5.73 Å². The van der Waals surface area contributed by atoms with Gasteiger partial charge >= 0.3 is 6.03 Å². The average Bonchev–Trinajstić information content (AvgIpc) is 1.63. The summed E-state index contributed by atoms with van der Waals surface area (Å²) in [5, 5.41) is 2.45. The van der Waals surface area contributed by atoms with Crippen molar-refractivity contribution in [2.45, 2.75) is 13.3 Å². The van der Waals surface area contributed by atoms with Crippen molar-refractivity contribution in [3.63, 3.8) is 0 Å². The van der Waals surface area contributed by atoms with Gasteiger partial charge in [-0.1, -0.05) is 5.57 Å². The van der Waals surface area contributed by atoms with Gasteiger partial charge in [0.25, 0.3) is 0 Å². The molecule has 0 aromatic carbocycles. The third kappa shape index (κ3) is 7.01. The second-order valence-corrected chi connectivity index (χ2v) is 2.00. The van der Waals surface area contributed by atoms with E-state index in [1.165, 1.54) is 0 Å². The van der Waals surface area contributed by atoms with Gasteiger partial charge in [0.05, 0.1) is 0 Å². The molecule has 0 aliphatic carbocycles. The number of primary amides is 1. The fraction of sp³-hybridized carbons (Fsp3) is 0.500. The lowest BCUT2D eigenvalue weighted by atomic mass is 10.2. The first-order valence-electron chi connectivity index (χ1n) is 2.80. The number of nitrogens with two attached hydrogens (primary N) is 1. The van der Waals surface area contributed by atoms with Gasteiger partial charge in [0.1, 0.15) is 0 Å². The Kier molecular flexibility index (Phi) is 3.51. The van der Waals surface area contributed by atoms with E-state index in [2.05, 4.69) is 11.9 Å². The van der Waals surface area contributed by atoms with Crippen LogP contribution < -0.4 is 11.1 Å². The number of hydrogen-bond donors (Lipinski definition) is 2. The van der Waals surface area contributed by atoms with E-state index in [1.54, 1.807) is 0 Å². The number of amides is 2. The Labute approximate surface area is 54.9 Å². The third-order valence-electron chi connectivity index (χ3n) is 0.851. The molecule has 52 valence electrons. The van der Waals surface area contributed by atoms with E-state index in [-0.39, 0.29) is 0 Å². The molecule has 0 aromatic rings. The van der Waals surface area contributed by atoms with Crippen LogP contribution >= 0.6 is 0 Å². The number of hydrogen-bond acceptors (Lipinski definition) is 1. The van der Waals surface area contributed by atoms with Crippen molar-refractivity contribution in [3.8, 4) is 0 Å². The molecule has 3 nitrogen and oxygen atoms in total. The summed E-state index contributed by atoms with van der Waals surface area (Å²) < 4.78 is 0. The Morgan fingerprint density at radius 2 is 2.33 bits per heavy atom. The molecule has 0 bridgehead atoms. The van der Waals surface area contributed by atoms with Crippen LogP contribution in [-0.4, -0.2) is 12.6 Å². The fourth-order valence-electron chi connectivity index (χ4n) is 0.399. The smallest absolute Gasteiger partial charge is 0.312 e. The molecule has 0 aliphatic heterocycles. The molecule has 9 heavy (non-hydrogen) atoms. The minimum Gasteiger partial charge on any atom is -0.352 e. The first-order chi connectivity index (χ1) is 4.13. The standard InChI is InChI=1S/C6H12N2O/c1-5(2)3-4-8-6(7)9/h1,3-4H2,2H3,(H3,7,8,9). The topological polar surface area (TPSA) is 55.1 Å². The monoisotopic (exact) mass is 128 g/mol. The van der Waals surface area contributed by atoms with Crippen LogP contribution in [0.5, 0.6) is 0 Å². The first-order valence-corrected chi connectivity index (χ1v) is 2.80. The summed E-state index contributed by atoms with van der Waals surface area (Å²) in [6.07, 6.45) is 0.795. The Morgan fingerprint density at radius 1 is 1.78 bits per heavy atom. The summed E-state index contributed by atoms with van der Waals surface area (Å²) in [6, 6.07) is -0.476. The number of urea groups is 1. The molecule has 0 radical (unpaired) electrons. The van der Waals surface area contributed by atoms with E-state index in [9.17, 15) is 4.79 Å². The van der Waals surface area contributed by atoms with Gasteiger partial charge in [0.2, 0.25) is 0 Å². The average molecular weight is 128 g/mol. The van der Waals surface area contributed by atoms with Crippen molar-refractivity contribution in [3.05, 3.63) is 12.2 Å². The molecule has 2 amide bonds. The minimum atomic E-state index is -0.476. The van der Waals surface area contributed by atoms with E-state index in [1.807, 2.05) is 6.92 Å². The highest BCUT2D eigenvalue weighted by molar-refractivity contribution is 5.71. The van der Waals surface area contributed by atoms with Gasteiger partial charge in [-0.3, -0.25) is 0 Å². The molecule has 0 aromatic heterocycles. The van der Waals surface area contributed by atoms with Gasteiger partial charge in [0.15, 0.2) is 0 Å². The molecule has 0 aliphatic rings. The SMILES string of the molecule is C=C(C)CCNC(N)=O. The molecule has 0 saturated carbocycles. The maximum absolute atomic E-state index is 10.1. The molecule has 3 N–H and O–H groups in total. The van der Waals surface area contributed by atoms with Crippen molar-refractivity contribution in [1.82, 2.24) is 5.32 Å². The molecule has 0 heterocycles. The van der Waals surface area contributed by atoms with Gasteiger partial charge in [-0.25, -0.2) is 4.79 Å². The summed E-state index contributed by atoms with van der Waals surface area (Å²) >= 11 is 0. The van der Waals surface area contributed by atoms with E-state index in [0.29, 0.717) is 6.54 Å². The number of nitrogens with one attached hydrogen (secondary N) is 1. The van der Waals surface area contributed by atoms with Gasteiger partial charge in [-0.2, -0.15) is 0 Å². The molecule has 0 rings (SSSR count). The van der Waals surface area contributed by atoms with Crippen LogP contribution in [0.15, 0.2) is 12.2 Å². The highest BCUT2D eigenvalue weighted by Crippen LogP contribution is 1.90. The van der Waals surface area contributed by atoms with Crippen molar-refractivity contribution >= 4 is 6.03 Å². The number of rotatable bonds is 3. The van der Waals surface area contributed by atoms with Crippen LogP contribution in [0.4, 0.5) is 4.79 Å². The zero-order valence-electron chi connectivity index (χ0n) is 5.61. The quantitative estimate of drug-likeness (QED) is 0.538. The predicted molar refractivity (Wildman–Crippen MR) is 37.0 cm³/mol. The van der Waals surface area contributed by atoms with E-state index >= 15 is 0 Å². The lowest BCUT2D eigenvalue weighted by Crippen LogP contribution is -2.30. The van der Waals surface area contributed by atoms with Gasteiger partial charge < -0.3 is 11.1 Å². The van der Waals surface area contributed by atoms with E-state index in [0.717, 1.165) is 12.0 Å². The molecule has 0 atom stereocenters. The number of carbonyl (C=O) groups is 1. The predicted octanol–water partition coefficient (Wildman–Crippen LogP) is 0.621.